The van der Waals surface area contributed by atoms with E-state index in [9.17, 15) is 9.59 Å². The van der Waals surface area contributed by atoms with E-state index in [2.05, 4.69) is 97.4 Å². The van der Waals surface area contributed by atoms with Crippen molar-refractivity contribution in [1.82, 2.24) is 54.8 Å². The summed E-state index contributed by atoms with van der Waals surface area (Å²) in [5, 5.41) is 17.7. The number of anilines is 8. The molecule has 0 bridgehead atoms. The maximum atomic E-state index is 14.7. The number of pyridine rings is 2. The molecule has 6 aromatic rings. The summed E-state index contributed by atoms with van der Waals surface area (Å²) in [5.74, 6) is 0.965. The highest BCUT2D eigenvalue weighted by Crippen LogP contribution is 2.45. The molecule has 2 spiro atoms. The van der Waals surface area contributed by atoms with Crippen molar-refractivity contribution in [1.29, 1.82) is 0 Å². The van der Waals surface area contributed by atoms with Crippen molar-refractivity contribution in [2.75, 3.05) is 143 Å². The van der Waals surface area contributed by atoms with Gasteiger partial charge in [-0.15, -0.1) is 0 Å². The van der Waals surface area contributed by atoms with Crippen LogP contribution >= 0.6 is 0 Å². The minimum absolute atomic E-state index is 0.0574. The minimum atomic E-state index is -0.669. The topological polar surface area (TPSA) is 236 Å². The van der Waals surface area contributed by atoms with Crippen LogP contribution in [0.5, 0.6) is 0 Å². The number of hydrogen-bond acceptors (Lipinski definition) is 20. The van der Waals surface area contributed by atoms with Crippen molar-refractivity contribution in [3.63, 3.8) is 0 Å². The molecule has 6 saturated heterocycles. The quantitative estimate of drug-likeness (QED) is 0.0446. The monoisotopic (exact) mass is 1250 g/mol. The van der Waals surface area contributed by atoms with Crippen LogP contribution in [0.2, 0.25) is 0 Å². The van der Waals surface area contributed by atoms with Gasteiger partial charge in [-0.3, -0.25) is 39.2 Å². The third-order valence-corrected chi connectivity index (χ3v) is 21.7. The summed E-state index contributed by atoms with van der Waals surface area (Å²) in [7, 11) is 0. The number of aromatic nitrogens is 6. The highest BCUT2D eigenvalue weighted by Gasteiger charge is 2.44. The predicted octanol–water partition coefficient (Wildman–Crippen LogP) is 8.44. The van der Waals surface area contributed by atoms with Crippen LogP contribution in [-0.2, 0) is 9.47 Å². The first-order chi connectivity index (χ1) is 45.1. The summed E-state index contributed by atoms with van der Waals surface area (Å²) in [6, 6.07) is 30.8. The van der Waals surface area contributed by atoms with Gasteiger partial charge in [0.05, 0.1) is 44.5 Å². The van der Waals surface area contributed by atoms with Gasteiger partial charge in [0.25, 0.3) is 11.8 Å². The molecule has 2 aromatic carbocycles. The number of primary amides is 1. The number of hydrogen-bond donors (Lipinski definition) is 6. The molecular weight excluding hydrogens is 1160 g/mol. The van der Waals surface area contributed by atoms with Crippen molar-refractivity contribution in [2.45, 2.75) is 120 Å². The van der Waals surface area contributed by atoms with Gasteiger partial charge in [-0.2, -0.15) is 0 Å². The summed E-state index contributed by atoms with van der Waals surface area (Å²) in [6.07, 6.45) is 19.2. The van der Waals surface area contributed by atoms with E-state index in [1.807, 2.05) is 48.5 Å². The Bertz CT molecular complexity index is 3490. The van der Waals surface area contributed by atoms with Gasteiger partial charge in [-0.1, -0.05) is 12.1 Å². The van der Waals surface area contributed by atoms with Gasteiger partial charge in [0.15, 0.2) is 34.7 Å². The van der Waals surface area contributed by atoms with Crippen LogP contribution in [0.15, 0.2) is 97.3 Å². The third kappa shape index (κ3) is 13.6. The zero-order valence-corrected chi connectivity index (χ0v) is 53.1. The molecule has 484 valence electrons. The average molecular weight is 1250 g/mol. The second kappa shape index (κ2) is 26.8. The lowest BCUT2D eigenvalue weighted by Crippen LogP contribution is -2.54. The van der Waals surface area contributed by atoms with Crippen LogP contribution in [-0.4, -0.2) is 203 Å². The van der Waals surface area contributed by atoms with Crippen LogP contribution < -0.4 is 42.1 Å². The average Bonchev–Trinajstić information content (AvgIpc) is 1.32. The maximum Gasteiger partial charge on any atom is 0.274 e. The Labute approximate surface area is 540 Å². The zero-order valence-electron chi connectivity index (χ0n) is 53.1. The van der Waals surface area contributed by atoms with Crippen LogP contribution in [0, 0.1) is 10.8 Å². The van der Waals surface area contributed by atoms with E-state index in [1.165, 1.54) is 57.5 Å². The van der Waals surface area contributed by atoms with Crippen LogP contribution in [0.1, 0.15) is 111 Å². The van der Waals surface area contributed by atoms with Gasteiger partial charge in [0.2, 0.25) is 0 Å². The molecule has 9 aliphatic rings. The molecule has 3 aliphatic carbocycles. The van der Waals surface area contributed by atoms with Gasteiger partial charge >= 0.3 is 0 Å². The first-order valence-corrected chi connectivity index (χ1v) is 34.2. The molecule has 0 radical (unpaired) electrons. The second-order valence-electron chi connectivity index (χ2n) is 27.8. The molecule has 22 nitrogen and oxygen atoms in total. The number of nitrogens with zero attached hydrogens (tertiary/aromatic N) is 12. The Morgan fingerprint density at radius 3 is 1.27 bits per heavy atom. The number of rotatable bonds is 19. The Hall–Kier alpha value is -7.60. The molecule has 9 fully saturated rings. The Kier molecular flexibility index (Phi) is 17.7. The summed E-state index contributed by atoms with van der Waals surface area (Å²) >= 11 is 0. The normalized spacial score (nSPS) is 22.8. The number of ether oxygens (including phenoxy) is 2. The molecular formula is C70H90N18O4. The zero-order chi connectivity index (χ0) is 62.0. The number of nitrogens with one attached hydrogen (secondary N) is 5. The van der Waals surface area contributed by atoms with Gasteiger partial charge in [0, 0.05) is 155 Å². The molecule has 10 heterocycles. The number of benzene rings is 2. The lowest BCUT2D eigenvalue weighted by molar-refractivity contribution is -0.131. The van der Waals surface area contributed by atoms with E-state index in [4.69, 9.17) is 40.1 Å². The van der Waals surface area contributed by atoms with Crippen LogP contribution in [0.3, 0.4) is 0 Å². The van der Waals surface area contributed by atoms with Crippen molar-refractivity contribution < 1.29 is 19.1 Å². The lowest BCUT2D eigenvalue weighted by Gasteiger charge is -2.46. The summed E-state index contributed by atoms with van der Waals surface area (Å²) in [4.78, 5) is 72.7. The fourth-order valence-corrected chi connectivity index (χ4v) is 15.7. The van der Waals surface area contributed by atoms with E-state index in [1.54, 1.807) is 12.4 Å². The highest BCUT2D eigenvalue weighted by atomic mass is 16.5. The summed E-state index contributed by atoms with van der Waals surface area (Å²) < 4.78 is 11.2. The minimum Gasteiger partial charge on any atom is -0.380 e. The number of carbonyl (C=O) groups is 2. The van der Waals surface area contributed by atoms with Gasteiger partial charge in [-0.25, -0.2) is 19.9 Å². The van der Waals surface area contributed by atoms with Gasteiger partial charge in [-0.05, 0) is 163 Å². The molecule has 0 atom stereocenters. The third-order valence-electron chi connectivity index (χ3n) is 21.7. The fourth-order valence-electron chi connectivity index (χ4n) is 15.7. The van der Waals surface area contributed by atoms with Crippen LogP contribution in [0.4, 0.5) is 46.0 Å². The number of nitrogens with two attached hydrogens (primary N) is 1. The van der Waals surface area contributed by atoms with Crippen molar-refractivity contribution in [3.05, 3.63) is 109 Å². The van der Waals surface area contributed by atoms with E-state index < -0.39 is 5.91 Å². The van der Waals surface area contributed by atoms with E-state index in [0.29, 0.717) is 75.6 Å². The van der Waals surface area contributed by atoms with Crippen molar-refractivity contribution >= 4 is 57.8 Å². The molecule has 6 aliphatic heterocycles. The van der Waals surface area contributed by atoms with Crippen molar-refractivity contribution in [2.24, 2.45) is 16.6 Å². The largest absolute Gasteiger partial charge is 0.380 e. The number of piperazine rings is 2. The molecule has 7 N–H and O–H groups in total. The number of amides is 2. The molecule has 2 amide bonds. The molecule has 4 aromatic heterocycles. The second-order valence-corrected chi connectivity index (χ2v) is 27.8. The Morgan fingerprint density at radius 2 is 0.880 bits per heavy atom. The van der Waals surface area contributed by atoms with Gasteiger partial charge < -0.3 is 51.6 Å². The molecule has 3 saturated carbocycles. The number of piperidine rings is 2. The first kappa shape index (κ1) is 60.6. The van der Waals surface area contributed by atoms with Crippen LogP contribution in [0.25, 0.3) is 22.8 Å². The molecule has 92 heavy (non-hydrogen) atoms. The van der Waals surface area contributed by atoms with E-state index in [0.717, 1.165) is 166 Å². The van der Waals surface area contributed by atoms with Gasteiger partial charge in [0.1, 0.15) is 11.4 Å². The standard InChI is InChI=1S/C70H90N18O4/c71-63(89)61-66(81-64(59(79-61)57-5-1-3-29-72-57)77-50-17-25-69(26-18-50)43-91-44-69)75-48-7-11-52(12-8-48)84-31-21-55(22-32-84)86-37-35-83(36-38-86)47-74-68(90)62-67(82-65(60(80-62)58-6-2-4-30-73-58)78-51-19-27-70(28-20-51)45-92-46-70)76-49-9-13-53(14-10-49)85-33-23-56(24-34-85)88-41-39-87(40-42-88)54-15-16-54/h1-14,29-30,50-51,54-56H,15-28,31-47H2,(H2,71,89)(H,74,90)(H2,75,77,81)(H2,76,78,82). The molecule has 0 unspecified atom stereocenters. The Morgan fingerprint density at radius 1 is 0.467 bits per heavy atom. The van der Waals surface area contributed by atoms with Crippen molar-refractivity contribution in [3.8, 4) is 22.8 Å². The summed E-state index contributed by atoms with van der Waals surface area (Å²) in [6.45, 7) is 16.1. The SMILES string of the molecule is NC(=O)c1nc(-c2ccccn2)c(NC2CCC3(CC2)COC3)nc1Nc1ccc(N2CCC(N3CCN(CNC(=O)c4nc(-c5ccccn5)c(NC5CCC6(CC5)COC6)nc4Nc4ccc(N5CCC(N6CCN(C7CC7)CC6)CC5)cc4)CC3)CC2)cc1. The Balaban J connectivity index is 0.568. The maximum absolute atomic E-state index is 14.7. The lowest BCUT2D eigenvalue weighted by atomic mass is 9.71. The molecule has 22 heteroatoms. The molecule has 15 rings (SSSR count). The smallest absolute Gasteiger partial charge is 0.274 e. The first-order valence-electron chi connectivity index (χ1n) is 34.2. The highest BCUT2D eigenvalue weighted by molar-refractivity contribution is 5.99. The number of carbonyl (C=O) groups excluding carboxylic acids is 2. The predicted molar refractivity (Wildman–Crippen MR) is 359 cm³/mol. The van der Waals surface area contributed by atoms with E-state index in [-0.39, 0.29) is 29.4 Å². The van der Waals surface area contributed by atoms with E-state index >= 15 is 0 Å². The summed E-state index contributed by atoms with van der Waals surface area (Å²) in [5.41, 5.74) is 13.2. The fraction of sp³-hybridized carbons (Fsp3) is 0.543.